The Morgan fingerprint density at radius 1 is 0.364 bits per heavy atom. The van der Waals surface area contributed by atoms with E-state index in [2.05, 4.69) is 62.5 Å². The molecule has 0 aromatic rings. The van der Waals surface area contributed by atoms with Crippen LogP contribution in [-0.2, 0) is 19.1 Å². The van der Waals surface area contributed by atoms with Gasteiger partial charge in [0.25, 0.3) is 0 Å². The summed E-state index contributed by atoms with van der Waals surface area (Å²) in [7, 11) is 0. The Hall–Kier alpha value is -2.14. The third-order valence-corrected chi connectivity index (χ3v) is 13.1. The van der Waals surface area contributed by atoms with E-state index in [1.807, 2.05) is 0 Å². The number of hydrogen-bond acceptors (Lipinski definition) is 5. The van der Waals surface area contributed by atoms with Gasteiger partial charge in [0.2, 0.25) is 0 Å². The zero-order chi connectivity index (χ0) is 47.7. The molecule has 0 bridgehead atoms. The third-order valence-electron chi connectivity index (χ3n) is 13.1. The Bertz CT molecular complexity index is 1090. The van der Waals surface area contributed by atoms with E-state index in [4.69, 9.17) is 9.47 Å². The summed E-state index contributed by atoms with van der Waals surface area (Å²) in [4.78, 5) is 24.5. The molecule has 0 spiro atoms. The van der Waals surface area contributed by atoms with Crippen molar-refractivity contribution in [3.63, 3.8) is 0 Å². The van der Waals surface area contributed by atoms with Crippen LogP contribution in [0.5, 0.6) is 0 Å². The van der Waals surface area contributed by atoms with Gasteiger partial charge in [-0.05, 0) is 51.4 Å². The zero-order valence-electron chi connectivity index (χ0n) is 44.2. The largest absolute Gasteiger partial charge is 0.462 e. The Balaban J connectivity index is 3.41. The highest BCUT2D eigenvalue weighted by Crippen LogP contribution is 2.18. The minimum absolute atomic E-state index is 0.0694. The van der Waals surface area contributed by atoms with Crippen molar-refractivity contribution in [2.24, 2.45) is 0 Å². The van der Waals surface area contributed by atoms with Crippen LogP contribution in [0.1, 0.15) is 309 Å². The van der Waals surface area contributed by atoms with Gasteiger partial charge in [0.1, 0.15) is 6.61 Å². The lowest BCUT2D eigenvalue weighted by atomic mass is 10.0. The molecule has 0 saturated carbocycles. The van der Waals surface area contributed by atoms with Crippen molar-refractivity contribution in [1.29, 1.82) is 0 Å². The van der Waals surface area contributed by atoms with Crippen LogP contribution in [0, 0.1) is 0 Å². The van der Waals surface area contributed by atoms with Crippen LogP contribution in [0.25, 0.3) is 0 Å². The molecule has 0 aromatic heterocycles. The lowest BCUT2D eigenvalue weighted by Gasteiger charge is -2.15. The maximum Gasteiger partial charge on any atom is 0.306 e. The summed E-state index contributed by atoms with van der Waals surface area (Å²) in [5.41, 5.74) is 0. The summed E-state index contributed by atoms with van der Waals surface area (Å²) in [6.45, 7) is 4.05. The Morgan fingerprint density at radius 3 is 0.985 bits per heavy atom. The van der Waals surface area contributed by atoms with Gasteiger partial charge in [-0.15, -0.1) is 0 Å². The zero-order valence-corrected chi connectivity index (χ0v) is 44.2. The molecule has 5 heteroatoms. The van der Waals surface area contributed by atoms with E-state index in [9.17, 15) is 14.7 Å². The minimum Gasteiger partial charge on any atom is -0.462 e. The molecule has 0 aliphatic rings. The van der Waals surface area contributed by atoms with Crippen LogP contribution >= 0.6 is 0 Å². The highest BCUT2D eigenvalue weighted by Gasteiger charge is 2.16. The van der Waals surface area contributed by atoms with Crippen molar-refractivity contribution >= 4 is 11.9 Å². The summed E-state index contributed by atoms with van der Waals surface area (Å²) >= 11 is 0. The average molecular weight is 926 g/mol. The van der Waals surface area contributed by atoms with Gasteiger partial charge in [0.15, 0.2) is 6.10 Å². The first-order valence-corrected chi connectivity index (χ1v) is 29.2. The number of ether oxygens (including phenoxy) is 2. The number of unbranched alkanes of at least 4 members (excludes halogenated alkanes) is 38. The molecular formula is C61H112O5. The van der Waals surface area contributed by atoms with Gasteiger partial charge in [-0.25, -0.2) is 0 Å². The number of carbonyl (C=O) groups excluding carboxylic acids is 2. The molecule has 0 saturated heterocycles. The Morgan fingerprint density at radius 2 is 0.652 bits per heavy atom. The number of carbonyl (C=O) groups is 2. The number of aliphatic hydroxyl groups excluding tert-OH is 1. The normalized spacial score (nSPS) is 12.5. The van der Waals surface area contributed by atoms with Crippen molar-refractivity contribution in [2.45, 2.75) is 315 Å². The molecule has 0 heterocycles. The Labute approximate surface area is 411 Å². The first-order chi connectivity index (χ1) is 32.6. The lowest BCUT2D eigenvalue weighted by Crippen LogP contribution is -2.28. The molecule has 0 rings (SSSR count). The van der Waals surface area contributed by atoms with Crippen LogP contribution in [0.2, 0.25) is 0 Å². The molecule has 0 aromatic carbocycles. The van der Waals surface area contributed by atoms with E-state index >= 15 is 0 Å². The smallest absolute Gasteiger partial charge is 0.306 e. The molecule has 66 heavy (non-hydrogen) atoms. The quantitative estimate of drug-likeness (QED) is 0.0374. The van der Waals surface area contributed by atoms with Gasteiger partial charge >= 0.3 is 11.9 Å². The van der Waals surface area contributed by atoms with E-state index in [0.29, 0.717) is 12.8 Å². The van der Waals surface area contributed by atoms with Gasteiger partial charge in [0, 0.05) is 12.8 Å². The summed E-state index contributed by atoms with van der Waals surface area (Å²) < 4.78 is 10.7. The van der Waals surface area contributed by atoms with Crippen molar-refractivity contribution < 1.29 is 24.2 Å². The van der Waals surface area contributed by atoms with Crippen LogP contribution in [0.4, 0.5) is 0 Å². The van der Waals surface area contributed by atoms with Gasteiger partial charge in [-0.1, -0.05) is 294 Å². The maximum atomic E-state index is 12.3. The summed E-state index contributed by atoms with van der Waals surface area (Å²) in [5, 5.41) is 9.64. The van der Waals surface area contributed by atoms with Crippen LogP contribution in [-0.4, -0.2) is 36.4 Å². The molecule has 0 fully saturated rings. The van der Waals surface area contributed by atoms with Gasteiger partial charge in [0.05, 0.1) is 6.61 Å². The predicted octanol–water partition coefficient (Wildman–Crippen LogP) is 19.6. The maximum absolute atomic E-state index is 12.3. The number of aliphatic hydroxyl groups is 1. The minimum atomic E-state index is -0.780. The molecule has 0 amide bonds. The van der Waals surface area contributed by atoms with Crippen LogP contribution in [0.3, 0.4) is 0 Å². The van der Waals surface area contributed by atoms with Gasteiger partial charge in [-0.3, -0.25) is 9.59 Å². The molecule has 0 radical (unpaired) electrons. The molecule has 386 valence electrons. The first-order valence-electron chi connectivity index (χ1n) is 29.2. The number of rotatable bonds is 54. The third kappa shape index (κ3) is 54.5. The van der Waals surface area contributed by atoms with E-state index in [-0.39, 0.29) is 25.2 Å². The first kappa shape index (κ1) is 63.9. The fraction of sp³-hybridized carbons (Fsp3) is 0.836. The molecule has 1 N–H and O–H groups in total. The van der Waals surface area contributed by atoms with E-state index in [0.717, 1.165) is 70.6 Å². The highest BCUT2D eigenvalue weighted by molar-refractivity contribution is 5.70. The van der Waals surface area contributed by atoms with Gasteiger partial charge < -0.3 is 14.6 Å². The summed E-state index contributed by atoms with van der Waals surface area (Å²) in [5.74, 6) is -0.594. The number of esters is 2. The number of hydrogen-bond donors (Lipinski definition) is 1. The highest BCUT2D eigenvalue weighted by atomic mass is 16.6. The summed E-state index contributed by atoms with van der Waals surface area (Å²) in [6, 6.07) is 0. The van der Waals surface area contributed by atoms with E-state index in [1.54, 1.807) is 0 Å². The summed E-state index contributed by atoms with van der Waals surface area (Å²) in [6.07, 6.45) is 75.4. The Kier molecular flexibility index (Phi) is 55.3. The topological polar surface area (TPSA) is 72.8 Å². The van der Waals surface area contributed by atoms with Crippen molar-refractivity contribution in [3.05, 3.63) is 48.6 Å². The predicted molar refractivity (Wildman–Crippen MR) is 288 cm³/mol. The molecule has 5 nitrogen and oxygen atoms in total. The second-order valence-electron chi connectivity index (χ2n) is 19.7. The van der Waals surface area contributed by atoms with Crippen molar-refractivity contribution in [2.75, 3.05) is 13.2 Å². The second kappa shape index (κ2) is 57.2. The molecule has 1 unspecified atom stereocenters. The number of allylic oxidation sites excluding steroid dienone is 8. The standard InChI is InChI=1S/C61H112O5/c1-3-5-7-9-11-13-15-17-19-21-23-24-25-26-27-28-29-30-31-32-33-34-35-36-38-39-41-43-45-47-49-51-53-55-60(63)65-58-59(57-62)66-61(64)56-54-52-50-48-46-44-42-40-37-22-20-18-16-14-12-10-8-6-4-2/h6,8,12,14,18,20,37,40,59,62H,3-5,7,9-11,13,15-17,19,21-36,38-39,41-58H2,1-2H3/b8-6-,14-12-,20-18-,40-37-. The van der Waals surface area contributed by atoms with E-state index in [1.165, 1.54) is 212 Å². The van der Waals surface area contributed by atoms with Crippen LogP contribution < -0.4 is 0 Å². The van der Waals surface area contributed by atoms with Gasteiger partial charge in [-0.2, -0.15) is 0 Å². The molecular weight excluding hydrogens is 813 g/mol. The van der Waals surface area contributed by atoms with Crippen molar-refractivity contribution in [1.82, 2.24) is 0 Å². The van der Waals surface area contributed by atoms with E-state index < -0.39 is 6.10 Å². The molecule has 1 atom stereocenters. The second-order valence-corrected chi connectivity index (χ2v) is 19.7. The van der Waals surface area contributed by atoms with Crippen molar-refractivity contribution in [3.8, 4) is 0 Å². The fourth-order valence-electron chi connectivity index (χ4n) is 8.79. The monoisotopic (exact) mass is 925 g/mol. The van der Waals surface area contributed by atoms with Crippen LogP contribution in [0.15, 0.2) is 48.6 Å². The molecule has 0 aliphatic carbocycles. The lowest BCUT2D eigenvalue weighted by molar-refractivity contribution is -0.161. The molecule has 0 aliphatic heterocycles. The average Bonchev–Trinajstić information content (AvgIpc) is 3.32. The SMILES string of the molecule is CC/C=C\C/C=C\C/C=C\C/C=C\CCCCCCCCC(=O)OC(CO)COC(=O)CCCCCCCCCCCCCCCCCCCCCCCCCCCCCCCCCCC. The fourth-order valence-corrected chi connectivity index (χ4v) is 8.79.